The quantitative estimate of drug-likeness (QED) is 0.362. The molecular weight excluding hydrogens is 454 g/mol. The number of aromatic nitrogens is 5. The molecule has 3 aromatic heterocycles. The Bertz CT molecular complexity index is 1640. The molecule has 1 aliphatic heterocycles. The summed E-state index contributed by atoms with van der Waals surface area (Å²) < 4.78 is 0. The first-order valence-corrected chi connectivity index (χ1v) is 11.7. The number of amides is 2. The summed E-state index contributed by atoms with van der Waals surface area (Å²) in [6, 6.07) is 17.3. The minimum atomic E-state index is -0.0902. The van der Waals surface area contributed by atoms with E-state index < -0.39 is 0 Å². The van der Waals surface area contributed by atoms with E-state index in [1.807, 2.05) is 47.4 Å². The standard InChI is InChI=1S/C26H23N9O/c1-34-8-10-35(11-9-34)26(36)29-19-6-2-4-16(12-19)18-13-20-23(32-33-24(20)28-15-18)25-30-21-7-3-5-17(14-27)22(21)31-25/h2-7,12-13,15H,8-11H2,1H3,(H,29,36)(H,30,31)(H,28,32,33). The zero-order valence-corrected chi connectivity index (χ0v) is 19.6. The number of nitriles is 1. The van der Waals surface area contributed by atoms with Crippen LogP contribution in [0, 0.1) is 11.3 Å². The van der Waals surface area contributed by atoms with Crippen molar-refractivity contribution in [2.24, 2.45) is 0 Å². The normalized spacial score (nSPS) is 14.3. The highest BCUT2D eigenvalue weighted by Gasteiger charge is 2.19. The van der Waals surface area contributed by atoms with Gasteiger partial charge in [0.25, 0.3) is 0 Å². The third kappa shape index (κ3) is 3.91. The Labute approximate surface area is 206 Å². The molecule has 178 valence electrons. The number of likely N-dealkylation sites (N-methyl/N-ethyl adjacent to an activating group) is 1. The number of carbonyl (C=O) groups excluding carboxylic acids is 1. The van der Waals surface area contributed by atoms with Gasteiger partial charge < -0.3 is 20.1 Å². The topological polar surface area (TPSA) is 130 Å². The molecule has 36 heavy (non-hydrogen) atoms. The number of nitrogens with zero attached hydrogens (tertiary/aromatic N) is 6. The summed E-state index contributed by atoms with van der Waals surface area (Å²) >= 11 is 0. The van der Waals surface area contributed by atoms with E-state index in [0.717, 1.165) is 40.8 Å². The zero-order valence-electron chi connectivity index (χ0n) is 19.6. The molecule has 0 bridgehead atoms. The zero-order chi connectivity index (χ0) is 24.6. The van der Waals surface area contributed by atoms with Crippen LogP contribution in [0.15, 0.2) is 54.7 Å². The molecule has 0 atom stereocenters. The van der Waals surface area contributed by atoms with Crippen LogP contribution in [0.25, 0.3) is 44.7 Å². The molecule has 0 aliphatic carbocycles. The molecule has 10 heteroatoms. The summed E-state index contributed by atoms with van der Waals surface area (Å²) in [6.07, 6.45) is 1.76. The Morgan fingerprint density at radius 3 is 2.75 bits per heavy atom. The number of pyridine rings is 1. The number of rotatable bonds is 3. The number of H-pyrrole nitrogens is 2. The lowest BCUT2D eigenvalue weighted by atomic mass is 10.1. The largest absolute Gasteiger partial charge is 0.337 e. The van der Waals surface area contributed by atoms with Crippen LogP contribution in [0.3, 0.4) is 0 Å². The molecule has 3 N–H and O–H groups in total. The van der Waals surface area contributed by atoms with Gasteiger partial charge in [0.1, 0.15) is 17.3 Å². The number of anilines is 1. The molecule has 1 fully saturated rings. The van der Waals surface area contributed by atoms with Crippen molar-refractivity contribution in [3.63, 3.8) is 0 Å². The van der Waals surface area contributed by atoms with E-state index in [-0.39, 0.29) is 6.03 Å². The SMILES string of the molecule is CN1CCN(C(=O)Nc2cccc(-c3cnc4n[nH]c(-c5nc6c(C#N)cccc6[nH]5)c4c3)c2)CC1. The van der Waals surface area contributed by atoms with Crippen LogP contribution in [0.2, 0.25) is 0 Å². The van der Waals surface area contributed by atoms with Crippen molar-refractivity contribution in [3.8, 4) is 28.7 Å². The third-order valence-electron chi connectivity index (χ3n) is 6.52. The number of nitrogens with one attached hydrogen (secondary N) is 3. The molecule has 5 aromatic rings. The number of benzene rings is 2. The molecule has 1 saturated heterocycles. The number of urea groups is 1. The van der Waals surface area contributed by atoms with Gasteiger partial charge in [-0.3, -0.25) is 5.10 Å². The van der Waals surface area contributed by atoms with Crippen molar-refractivity contribution in [1.82, 2.24) is 34.9 Å². The van der Waals surface area contributed by atoms with Gasteiger partial charge in [-0.05, 0) is 42.9 Å². The summed E-state index contributed by atoms with van der Waals surface area (Å²) in [5.41, 5.74) is 5.69. The number of aromatic amines is 2. The van der Waals surface area contributed by atoms with Crippen molar-refractivity contribution >= 4 is 33.8 Å². The maximum atomic E-state index is 12.7. The first-order chi connectivity index (χ1) is 17.6. The van der Waals surface area contributed by atoms with E-state index in [1.54, 1.807) is 12.3 Å². The maximum absolute atomic E-state index is 12.7. The molecule has 2 amide bonds. The van der Waals surface area contributed by atoms with Crippen LogP contribution < -0.4 is 5.32 Å². The summed E-state index contributed by atoms with van der Waals surface area (Å²) in [7, 11) is 2.06. The minimum Gasteiger partial charge on any atom is -0.337 e. The van der Waals surface area contributed by atoms with Crippen molar-refractivity contribution in [2.75, 3.05) is 38.5 Å². The molecule has 0 unspecified atom stereocenters. The van der Waals surface area contributed by atoms with E-state index >= 15 is 0 Å². The molecule has 4 heterocycles. The molecule has 2 aromatic carbocycles. The van der Waals surface area contributed by atoms with Crippen LogP contribution in [0.1, 0.15) is 5.56 Å². The lowest BCUT2D eigenvalue weighted by Crippen LogP contribution is -2.48. The van der Waals surface area contributed by atoms with Gasteiger partial charge in [0.2, 0.25) is 0 Å². The highest BCUT2D eigenvalue weighted by molar-refractivity contribution is 5.95. The van der Waals surface area contributed by atoms with Crippen molar-refractivity contribution in [1.29, 1.82) is 5.26 Å². The van der Waals surface area contributed by atoms with Crippen LogP contribution in [0.4, 0.5) is 10.5 Å². The van der Waals surface area contributed by atoms with E-state index in [0.29, 0.717) is 41.3 Å². The lowest BCUT2D eigenvalue weighted by molar-refractivity contribution is 0.164. The molecule has 0 radical (unpaired) electrons. The average molecular weight is 478 g/mol. The fourth-order valence-corrected chi connectivity index (χ4v) is 4.47. The van der Waals surface area contributed by atoms with Gasteiger partial charge in [0.05, 0.1) is 16.5 Å². The van der Waals surface area contributed by atoms with Gasteiger partial charge in [-0.2, -0.15) is 10.4 Å². The first kappa shape index (κ1) is 21.8. The second-order valence-corrected chi connectivity index (χ2v) is 8.89. The summed E-state index contributed by atoms with van der Waals surface area (Å²) in [5, 5.41) is 20.6. The molecule has 1 aliphatic rings. The van der Waals surface area contributed by atoms with Crippen molar-refractivity contribution < 1.29 is 4.79 Å². The Hall–Kier alpha value is -4.75. The van der Waals surface area contributed by atoms with E-state index in [4.69, 9.17) is 0 Å². The Kier molecular flexibility index (Phi) is 5.32. The Morgan fingerprint density at radius 2 is 1.92 bits per heavy atom. The van der Waals surface area contributed by atoms with Crippen LogP contribution in [0.5, 0.6) is 0 Å². The third-order valence-corrected chi connectivity index (χ3v) is 6.52. The van der Waals surface area contributed by atoms with Gasteiger partial charge >= 0.3 is 6.03 Å². The molecule has 0 saturated carbocycles. The fraction of sp³-hybridized carbons (Fsp3) is 0.192. The average Bonchev–Trinajstić information content (AvgIpc) is 3.52. The Balaban J connectivity index is 1.31. The first-order valence-electron chi connectivity index (χ1n) is 11.7. The highest BCUT2D eigenvalue weighted by atomic mass is 16.2. The summed E-state index contributed by atoms with van der Waals surface area (Å²) in [6.45, 7) is 3.16. The van der Waals surface area contributed by atoms with Gasteiger partial charge in [-0.15, -0.1) is 0 Å². The second-order valence-electron chi connectivity index (χ2n) is 8.89. The van der Waals surface area contributed by atoms with Gasteiger partial charge in [0.15, 0.2) is 11.5 Å². The highest BCUT2D eigenvalue weighted by Crippen LogP contribution is 2.30. The molecular formula is C26H23N9O. The van der Waals surface area contributed by atoms with E-state index in [9.17, 15) is 10.1 Å². The minimum absolute atomic E-state index is 0.0902. The Morgan fingerprint density at radius 1 is 1.08 bits per heavy atom. The second kappa shape index (κ2) is 8.79. The monoisotopic (exact) mass is 477 g/mol. The van der Waals surface area contributed by atoms with E-state index in [2.05, 4.69) is 48.5 Å². The maximum Gasteiger partial charge on any atom is 0.321 e. The summed E-state index contributed by atoms with van der Waals surface area (Å²) in [4.78, 5) is 29.2. The van der Waals surface area contributed by atoms with Gasteiger partial charge in [-0.1, -0.05) is 18.2 Å². The fourth-order valence-electron chi connectivity index (χ4n) is 4.47. The van der Waals surface area contributed by atoms with Gasteiger partial charge in [-0.25, -0.2) is 14.8 Å². The predicted molar refractivity (Wildman–Crippen MR) is 137 cm³/mol. The van der Waals surface area contributed by atoms with Crippen LogP contribution >= 0.6 is 0 Å². The number of fused-ring (bicyclic) bond motifs is 2. The smallest absolute Gasteiger partial charge is 0.321 e. The number of imidazole rings is 1. The van der Waals surface area contributed by atoms with Crippen molar-refractivity contribution in [3.05, 3.63) is 60.3 Å². The number of hydrogen-bond donors (Lipinski definition) is 3. The molecule has 0 spiro atoms. The summed E-state index contributed by atoms with van der Waals surface area (Å²) in [5.74, 6) is 0.586. The lowest BCUT2D eigenvalue weighted by Gasteiger charge is -2.32. The van der Waals surface area contributed by atoms with Crippen LogP contribution in [-0.4, -0.2) is 74.2 Å². The van der Waals surface area contributed by atoms with E-state index in [1.165, 1.54) is 0 Å². The van der Waals surface area contributed by atoms with Crippen molar-refractivity contribution in [2.45, 2.75) is 0 Å². The number of piperazine rings is 1. The number of carbonyl (C=O) groups is 1. The van der Waals surface area contributed by atoms with Gasteiger partial charge in [0, 0.05) is 43.6 Å². The number of para-hydroxylation sites is 1. The molecule has 10 nitrogen and oxygen atoms in total. The van der Waals surface area contributed by atoms with Crippen LogP contribution in [-0.2, 0) is 0 Å². The number of hydrogen-bond acceptors (Lipinski definition) is 6. The predicted octanol–water partition coefficient (Wildman–Crippen LogP) is 3.82. The molecule has 6 rings (SSSR count).